The van der Waals surface area contributed by atoms with E-state index >= 15 is 0 Å². The molecule has 0 aliphatic carbocycles. The summed E-state index contributed by atoms with van der Waals surface area (Å²) in [6, 6.07) is 0. The van der Waals surface area contributed by atoms with Crippen LogP contribution in [0.25, 0.3) is 0 Å². The van der Waals surface area contributed by atoms with Gasteiger partial charge in [0.05, 0.1) is 5.69 Å². The van der Waals surface area contributed by atoms with E-state index in [0.717, 1.165) is 23.6 Å². The molecule has 0 saturated carbocycles. The quantitative estimate of drug-likeness (QED) is 0.791. The second kappa shape index (κ2) is 5.84. The Balaban J connectivity index is 2.48. The molecule has 0 saturated heterocycles. The van der Waals surface area contributed by atoms with Gasteiger partial charge in [-0.1, -0.05) is 19.0 Å². The van der Waals surface area contributed by atoms with Crippen LogP contribution in [-0.2, 0) is 11.2 Å². The summed E-state index contributed by atoms with van der Waals surface area (Å²) in [6.07, 6.45) is 1.23. The Labute approximate surface area is 103 Å². The third-order valence-corrected chi connectivity index (χ3v) is 2.83. The normalized spacial score (nSPS) is 10.9. The van der Waals surface area contributed by atoms with Gasteiger partial charge in [0, 0.05) is 25.6 Å². The van der Waals surface area contributed by atoms with E-state index in [1.54, 1.807) is 4.90 Å². The first-order chi connectivity index (χ1) is 7.91. The van der Waals surface area contributed by atoms with Gasteiger partial charge in [-0.2, -0.15) is 0 Å². The van der Waals surface area contributed by atoms with Crippen molar-refractivity contribution in [1.82, 2.24) is 10.1 Å². The molecule has 4 heteroatoms. The van der Waals surface area contributed by atoms with Crippen molar-refractivity contribution in [2.45, 2.75) is 40.5 Å². The molecule has 0 aliphatic heterocycles. The topological polar surface area (TPSA) is 46.3 Å². The van der Waals surface area contributed by atoms with Gasteiger partial charge in [-0.25, -0.2) is 0 Å². The Bertz CT molecular complexity index is 363. The lowest BCUT2D eigenvalue weighted by Gasteiger charge is -2.19. The number of amides is 1. The molecule has 0 unspecified atom stereocenters. The largest absolute Gasteiger partial charge is 0.361 e. The smallest absolute Gasteiger partial charge is 0.222 e. The minimum absolute atomic E-state index is 0.179. The highest BCUT2D eigenvalue weighted by molar-refractivity contribution is 5.76. The predicted octanol–water partition coefficient (Wildman–Crippen LogP) is 2.34. The Hall–Kier alpha value is -1.32. The average Bonchev–Trinajstić information content (AvgIpc) is 2.54. The van der Waals surface area contributed by atoms with Gasteiger partial charge in [0.1, 0.15) is 5.76 Å². The number of nitrogens with zero attached hydrogens (tertiary/aromatic N) is 2. The van der Waals surface area contributed by atoms with Crippen molar-refractivity contribution in [2.75, 3.05) is 13.6 Å². The molecule has 1 aromatic rings. The molecule has 17 heavy (non-hydrogen) atoms. The van der Waals surface area contributed by atoms with Crippen molar-refractivity contribution >= 4 is 5.91 Å². The van der Waals surface area contributed by atoms with Crippen LogP contribution in [0.15, 0.2) is 4.52 Å². The number of rotatable bonds is 5. The average molecular weight is 238 g/mol. The van der Waals surface area contributed by atoms with Crippen molar-refractivity contribution in [1.29, 1.82) is 0 Å². The number of hydrogen-bond donors (Lipinski definition) is 0. The first-order valence-electron chi connectivity index (χ1n) is 6.07. The minimum atomic E-state index is 0.179. The maximum Gasteiger partial charge on any atom is 0.222 e. The lowest BCUT2D eigenvalue weighted by Crippen LogP contribution is -2.30. The summed E-state index contributed by atoms with van der Waals surface area (Å²) in [5.41, 5.74) is 1.96. The van der Waals surface area contributed by atoms with E-state index < -0.39 is 0 Å². The predicted molar refractivity (Wildman–Crippen MR) is 66.8 cm³/mol. The molecule has 96 valence electrons. The lowest BCUT2D eigenvalue weighted by molar-refractivity contribution is -0.130. The second-order valence-corrected chi connectivity index (χ2v) is 4.97. The zero-order valence-corrected chi connectivity index (χ0v) is 11.4. The summed E-state index contributed by atoms with van der Waals surface area (Å²) in [4.78, 5) is 13.7. The van der Waals surface area contributed by atoms with Gasteiger partial charge in [0.2, 0.25) is 5.91 Å². The summed E-state index contributed by atoms with van der Waals surface area (Å²) in [6.45, 7) is 8.82. The van der Waals surface area contributed by atoms with Crippen LogP contribution in [0.5, 0.6) is 0 Å². The van der Waals surface area contributed by atoms with E-state index in [4.69, 9.17) is 4.52 Å². The van der Waals surface area contributed by atoms with Gasteiger partial charge in [0.25, 0.3) is 0 Å². The maximum atomic E-state index is 11.9. The molecule has 1 rings (SSSR count). The first kappa shape index (κ1) is 13.7. The molecule has 1 aromatic heterocycles. The highest BCUT2D eigenvalue weighted by Gasteiger charge is 2.14. The van der Waals surface area contributed by atoms with E-state index in [-0.39, 0.29) is 5.91 Å². The fourth-order valence-electron chi connectivity index (χ4n) is 1.93. The molecule has 0 atom stereocenters. The van der Waals surface area contributed by atoms with E-state index in [1.165, 1.54) is 0 Å². The molecule has 0 radical (unpaired) electrons. The van der Waals surface area contributed by atoms with E-state index in [1.807, 2.05) is 20.9 Å². The van der Waals surface area contributed by atoms with E-state index in [0.29, 0.717) is 18.8 Å². The molecular formula is C13H22N2O2. The van der Waals surface area contributed by atoms with Crippen LogP contribution < -0.4 is 0 Å². The lowest BCUT2D eigenvalue weighted by atomic mass is 10.1. The summed E-state index contributed by atoms with van der Waals surface area (Å²) < 4.78 is 5.08. The molecule has 0 aliphatic rings. The molecule has 0 bridgehead atoms. The Morgan fingerprint density at radius 2 is 2.06 bits per heavy atom. The van der Waals surface area contributed by atoms with Gasteiger partial charge in [-0.3, -0.25) is 4.79 Å². The minimum Gasteiger partial charge on any atom is -0.361 e. The third kappa shape index (κ3) is 3.88. The van der Waals surface area contributed by atoms with Crippen molar-refractivity contribution in [2.24, 2.45) is 5.92 Å². The summed E-state index contributed by atoms with van der Waals surface area (Å²) in [5.74, 6) is 1.50. The van der Waals surface area contributed by atoms with Gasteiger partial charge in [0.15, 0.2) is 0 Å². The van der Waals surface area contributed by atoms with Crippen molar-refractivity contribution in [3.05, 3.63) is 17.0 Å². The molecule has 1 amide bonds. The Morgan fingerprint density at radius 1 is 1.41 bits per heavy atom. The van der Waals surface area contributed by atoms with Gasteiger partial charge >= 0.3 is 0 Å². The van der Waals surface area contributed by atoms with Crippen LogP contribution in [0.4, 0.5) is 0 Å². The van der Waals surface area contributed by atoms with Crippen molar-refractivity contribution in [3.63, 3.8) is 0 Å². The molecular weight excluding hydrogens is 216 g/mol. The standard InChI is InChI=1S/C13H22N2O2/c1-9(2)8-15(5)13(16)7-6-12-10(3)14-17-11(12)4/h9H,6-8H2,1-5H3. The van der Waals surface area contributed by atoms with E-state index in [2.05, 4.69) is 19.0 Å². The zero-order valence-electron chi connectivity index (χ0n) is 11.4. The Kier molecular flexibility index (Phi) is 4.73. The highest BCUT2D eigenvalue weighted by Crippen LogP contribution is 2.14. The summed E-state index contributed by atoms with van der Waals surface area (Å²) in [7, 11) is 1.86. The Morgan fingerprint density at radius 3 is 2.53 bits per heavy atom. The fraction of sp³-hybridized carbons (Fsp3) is 0.692. The van der Waals surface area contributed by atoms with E-state index in [9.17, 15) is 4.79 Å². The third-order valence-electron chi connectivity index (χ3n) is 2.83. The van der Waals surface area contributed by atoms with Crippen LogP contribution in [0, 0.1) is 19.8 Å². The number of hydrogen-bond acceptors (Lipinski definition) is 3. The fourth-order valence-corrected chi connectivity index (χ4v) is 1.93. The summed E-state index contributed by atoms with van der Waals surface area (Å²) in [5, 5.41) is 3.89. The van der Waals surface area contributed by atoms with Gasteiger partial charge < -0.3 is 9.42 Å². The number of aryl methyl sites for hydroxylation is 2. The molecule has 1 heterocycles. The van der Waals surface area contributed by atoms with Crippen LogP contribution in [0.3, 0.4) is 0 Å². The van der Waals surface area contributed by atoms with Crippen LogP contribution in [-0.4, -0.2) is 29.6 Å². The first-order valence-corrected chi connectivity index (χ1v) is 6.07. The molecule has 0 spiro atoms. The number of carbonyl (C=O) groups excluding carboxylic acids is 1. The maximum absolute atomic E-state index is 11.9. The molecule has 4 nitrogen and oxygen atoms in total. The molecule has 0 N–H and O–H groups in total. The monoisotopic (exact) mass is 238 g/mol. The zero-order chi connectivity index (χ0) is 13.0. The number of carbonyl (C=O) groups is 1. The summed E-state index contributed by atoms with van der Waals surface area (Å²) >= 11 is 0. The van der Waals surface area contributed by atoms with Crippen molar-refractivity contribution in [3.8, 4) is 0 Å². The molecule has 0 fully saturated rings. The SMILES string of the molecule is Cc1noc(C)c1CCC(=O)N(C)CC(C)C. The van der Waals surface area contributed by atoms with Crippen LogP contribution in [0.1, 0.15) is 37.3 Å². The van der Waals surface area contributed by atoms with Crippen LogP contribution in [0.2, 0.25) is 0 Å². The number of aromatic nitrogens is 1. The van der Waals surface area contributed by atoms with Crippen LogP contribution >= 0.6 is 0 Å². The van der Waals surface area contributed by atoms with Gasteiger partial charge in [-0.15, -0.1) is 0 Å². The van der Waals surface area contributed by atoms with Crippen molar-refractivity contribution < 1.29 is 9.32 Å². The van der Waals surface area contributed by atoms with Gasteiger partial charge in [-0.05, 0) is 26.2 Å². The second-order valence-electron chi connectivity index (χ2n) is 4.97. The molecule has 0 aromatic carbocycles. The highest BCUT2D eigenvalue weighted by atomic mass is 16.5.